The van der Waals surface area contributed by atoms with E-state index < -0.39 is 0 Å². The van der Waals surface area contributed by atoms with Crippen LogP contribution in [0.15, 0.2) is 23.3 Å². The van der Waals surface area contributed by atoms with Gasteiger partial charge in [0.25, 0.3) is 0 Å². The molecule has 0 heterocycles. The minimum atomic E-state index is -0.339. The van der Waals surface area contributed by atoms with E-state index >= 15 is 0 Å². The Morgan fingerprint density at radius 1 is 1.06 bits per heavy atom. The fourth-order valence-electron chi connectivity index (χ4n) is 1.59. The molecule has 0 aliphatic heterocycles. The highest BCUT2D eigenvalue weighted by Gasteiger charge is 1.99. The molecule has 0 fully saturated rings. The summed E-state index contributed by atoms with van der Waals surface area (Å²) >= 11 is 0. The third-order valence-corrected chi connectivity index (χ3v) is 2.67. The fraction of sp³-hybridized carbons (Fsp3) is 0.600. The van der Waals surface area contributed by atoms with Crippen molar-refractivity contribution in [2.75, 3.05) is 0 Å². The molecule has 96 valence electrons. The van der Waals surface area contributed by atoms with Crippen LogP contribution in [0.25, 0.3) is 0 Å². The van der Waals surface area contributed by atoms with E-state index in [0.29, 0.717) is 6.29 Å². The van der Waals surface area contributed by atoms with Crippen molar-refractivity contribution >= 4 is 12.1 Å². The summed E-state index contributed by atoms with van der Waals surface area (Å²) < 4.78 is 0. The maximum atomic E-state index is 10.9. The molecule has 0 saturated heterocycles. The van der Waals surface area contributed by atoms with Gasteiger partial charge in [-0.2, -0.15) is 0 Å². The molecule has 0 atom stereocenters. The molecule has 0 spiro atoms. The Labute approximate surface area is 105 Å². The fourth-order valence-corrected chi connectivity index (χ4v) is 1.59. The summed E-state index contributed by atoms with van der Waals surface area (Å²) in [6.07, 6.45) is 10.6. The van der Waals surface area contributed by atoms with E-state index in [-0.39, 0.29) is 12.2 Å². The average Bonchev–Trinajstić information content (AvgIpc) is 2.29. The molecule has 0 bridgehead atoms. The van der Waals surface area contributed by atoms with E-state index in [1.54, 1.807) is 0 Å². The van der Waals surface area contributed by atoms with Crippen LogP contribution < -0.4 is 0 Å². The molecule has 0 saturated carbocycles. The number of Topliss-reactive ketones (excluding diaryl/α,β-unsaturated/α-hetero) is 1. The van der Waals surface area contributed by atoms with Crippen LogP contribution in [0.5, 0.6) is 0 Å². The Morgan fingerprint density at radius 3 is 2.29 bits per heavy atom. The number of unbranched alkanes of at least 4 members (excludes halogenated alkanes) is 2. The molecule has 0 aromatic heterocycles. The number of aldehydes is 1. The molecule has 2 heteroatoms. The van der Waals surface area contributed by atoms with Crippen molar-refractivity contribution in [3.8, 4) is 0 Å². The maximum Gasteiger partial charge on any atom is 0.199 e. The maximum absolute atomic E-state index is 10.9. The van der Waals surface area contributed by atoms with E-state index in [2.05, 4.69) is 26.0 Å². The molecule has 17 heavy (non-hydrogen) atoms. The van der Waals surface area contributed by atoms with Crippen LogP contribution in [-0.4, -0.2) is 12.1 Å². The van der Waals surface area contributed by atoms with Gasteiger partial charge in [-0.25, -0.2) is 0 Å². The van der Waals surface area contributed by atoms with Gasteiger partial charge in [-0.15, -0.1) is 0 Å². The summed E-state index contributed by atoms with van der Waals surface area (Å²) in [5, 5.41) is 0. The highest BCUT2D eigenvalue weighted by molar-refractivity contribution is 6.25. The van der Waals surface area contributed by atoms with Gasteiger partial charge in [0, 0.05) is 6.42 Å². The lowest BCUT2D eigenvalue weighted by Crippen LogP contribution is -1.98. The zero-order valence-electron chi connectivity index (χ0n) is 11.3. The number of ketones is 1. The van der Waals surface area contributed by atoms with Crippen LogP contribution in [0.4, 0.5) is 0 Å². The second-order valence-electron chi connectivity index (χ2n) is 4.54. The molecule has 0 aromatic carbocycles. The summed E-state index contributed by atoms with van der Waals surface area (Å²) in [7, 11) is 0. The van der Waals surface area contributed by atoms with E-state index in [1.165, 1.54) is 18.4 Å². The van der Waals surface area contributed by atoms with Gasteiger partial charge in [0.2, 0.25) is 0 Å². The van der Waals surface area contributed by atoms with Crippen molar-refractivity contribution in [2.24, 2.45) is 0 Å². The van der Waals surface area contributed by atoms with Crippen molar-refractivity contribution < 1.29 is 9.59 Å². The quantitative estimate of drug-likeness (QED) is 0.262. The Kier molecular flexibility index (Phi) is 9.31. The van der Waals surface area contributed by atoms with Gasteiger partial charge in [0.05, 0.1) is 0 Å². The van der Waals surface area contributed by atoms with Crippen molar-refractivity contribution in [3.05, 3.63) is 23.3 Å². The molecular weight excluding hydrogens is 212 g/mol. The topological polar surface area (TPSA) is 34.1 Å². The summed E-state index contributed by atoms with van der Waals surface area (Å²) in [6, 6.07) is 0. The van der Waals surface area contributed by atoms with Gasteiger partial charge < -0.3 is 0 Å². The normalized spacial score (nSPS) is 12.6. The van der Waals surface area contributed by atoms with Gasteiger partial charge >= 0.3 is 0 Å². The van der Waals surface area contributed by atoms with Gasteiger partial charge in [-0.05, 0) is 33.1 Å². The third-order valence-electron chi connectivity index (χ3n) is 2.67. The van der Waals surface area contributed by atoms with Gasteiger partial charge in [-0.3, -0.25) is 9.59 Å². The predicted octanol–water partition coefficient (Wildman–Crippen LogP) is 4.01. The molecule has 2 nitrogen and oxygen atoms in total. The molecule has 0 aliphatic carbocycles. The van der Waals surface area contributed by atoms with Crippen LogP contribution in [0.2, 0.25) is 0 Å². The first-order valence-corrected chi connectivity index (χ1v) is 6.39. The van der Waals surface area contributed by atoms with Crippen molar-refractivity contribution in [3.63, 3.8) is 0 Å². The largest absolute Gasteiger partial charge is 0.295 e. The number of carbonyl (C=O) groups excluding carboxylic acids is 2. The Hall–Kier alpha value is -1.18. The summed E-state index contributed by atoms with van der Waals surface area (Å²) in [6.45, 7) is 6.24. The second kappa shape index (κ2) is 10.0. The van der Waals surface area contributed by atoms with Crippen LogP contribution in [0.1, 0.15) is 59.3 Å². The Balaban J connectivity index is 3.87. The number of carbonyl (C=O) groups is 2. The van der Waals surface area contributed by atoms with Gasteiger partial charge in [-0.1, -0.05) is 43.1 Å². The standard InChI is InChI=1S/C15H24O2/c1-4-5-6-8-13(2)9-7-10-14(3)11-15(17)12-16/h8,10,12H,4-7,9,11H2,1-3H3. The molecule has 0 radical (unpaired) electrons. The van der Waals surface area contributed by atoms with Crippen molar-refractivity contribution in [2.45, 2.75) is 59.3 Å². The lowest BCUT2D eigenvalue weighted by molar-refractivity contribution is -0.129. The average molecular weight is 236 g/mol. The molecule has 0 amide bonds. The Morgan fingerprint density at radius 2 is 1.71 bits per heavy atom. The molecular formula is C15H24O2. The predicted molar refractivity (Wildman–Crippen MR) is 72.0 cm³/mol. The van der Waals surface area contributed by atoms with Crippen LogP contribution >= 0.6 is 0 Å². The molecule has 0 N–H and O–H groups in total. The number of hydrogen-bond donors (Lipinski definition) is 0. The van der Waals surface area contributed by atoms with Crippen molar-refractivity contribution in [1.29, 1.82) is 0 Å². The first-order valence-electron chi connectivity index (χ1n) is 6.39. The van der Waals surface area contributed by atoms with Crippen molar-refractivity contribution in [1.82, 2.24) is 0 Å². The number of rotatable bonds is 9. The highest BCUT2D eigenvalue weighted by atomic mass is 16.2. The summed E-state index contributed by atoms with van der Waals surface area (Å²) in [5.74, 6) is -0.339. The second-order valence-corrected chi connectivity index (χ2v) is 4.54. The number of hydrogen-bond acceptors (Lipinski definition) is 2. The molecule has 0 rings (SSSR count). The summed E-state index contributed by atoms with van der Waals surface area (Å²) in [4.78, 5) is 21.1. The zero-order valence-corrected chi connectivity index (χ0v) is 11.3. The first kappa shape index (κ1) is 15.8. The molecule has 0 unspecified atom stereocenters. The minimum Gasteiger partial charge on any atom is -0.295 e. The SMILES string of the molecule is CCCCC=C(C)CCC=C(C)CC(=O)C=O. The smallest absolute Gasteiger partial charge is 0.199 e. The van der Waals surface area contributed by atoms with Crippen LogP contribution in [0.3, 0.4) is 0 Å². The van der Waals surface area contributed by atoms with Crippen LogP contribution in [-0.2, 0) is 9.59 Å². The van der Waals surface area contributed by atoms with E-state index in [9.17, 15) is 9.59 Å². The van der Waals surface area contributed by atoms with E-state index in [1.807, 2.05) is 6.92 Å². The van der Waals surface area contributed by atoms with E-state index in [0.717, 1.165) is 24.8 Å². The first-order chi connectivity index (χ1) is 8.10. The van der Waals surface area contributed by atoms with Crippen LogP contribution in [0, 0.1) is 0 Å². The lowest BCUT2D eigenvalue weighted by Gasteiger charge is -2.00. The molecule has 0 aliphatic rings. The third kappa shape index (κ3) is 9.73. The zero-order chi connectivity index (χ0) is 13.1. The molecule has 0 aromatic rings. The monoisotopic (exact) mass is 236 g/mol. The lowest BCUT2D eigenvalue weighted by atomic mass is 10.1. The summed E-state index contributed by atoms with van der Waals surface area (Å²) in [5.41, 5.74) is 2.40. The van der Waals surface area contributed by atoms with Gasteiger partial charge in [0.15, 0.2) is 12.1 Å². The minimum absolute atomic E-state index is 0.266. The van der Waals surface area contributed by atoms with Gasteiger partial charge in [0.1, 0.15) is 0 Å². The van der Waals surface area contributed by atoms with E-state index in [4.69, 9.17) is 0 Å². The highest BCUT2D eigenvalue weighted by Crippen LogP contribution is 2.10. The Bertz CT molecular complexity index is 298. The number of allylic oxidation sites excluding steroid dienone is 4.